The van der Waals surface area contributed by atoms with E-state index in [-0.39, 0.29) is 22.9 Å². The Morgan fingerprint density at radius 1 is 1.12 bits per heavy atom. The molecule has 0 spiro atoms. The Labute approximate surface area is 165 Å². The molecule has 150 valence electrons. The van der Waals surface area contributed by atoms with Gasteiger partial charge in [-0.2, -0.15) is 0 Å². The molecule has 0 bridgehead atoms. The summed E-state index contributed by atoms with van der Waals surface area (Å²) in [4.78, 5) is 35.9. The molecule has 0 aromatic heterocycles. The number of hydrogen-bond acceptors (Lipinski definition) is 4. The third kappa shape index (κ3) is 9.55. The van der Waals surface area contributed by atoms with Gasteiger partial charge in [-0.1, -0.05) is 41.6 Å². The van der Waals surface area contributed by atoms with Crippen molar-refractivity contribution in [2.24, 2.45) is 5.92 Å². The highest BCUT2D eigenvalue weighted by Crippen LogP contribution is 2.25. The summed E-state index contributed by atoms with van der Waals surface area (Å²) < 4.78 is 5.17. The van der Waals surface area contributed by atoms with E-state index in [0.29, 0.717) is 13.0 Å². The zero-order valence-corrected chi connectivity index (χ0v) is 17.8. The Bertz CT molecular complexity index is 471. The lowest BCUT2D eigenvalue weighted by molar-refractivity contribution is -0.129. The molecular weight excluding hydrogens is 400 g/mol. The van der Waals surface area contributed by atoms with Crippen molar-refractivity contribution in [3.8, 4) is 0 Å². The molecule has 1 aliphatic rings. The first kappa shape index (κ1) is 22.9. The maximum Gasteiger partial charge on any atom is 0.407 e. The van der Waals surface area contributed by atoms with Gasteiger partial charge in [0.25, 0.3) is 0 Å². The molecule has 0 aromatic rings. The van der Waals surface area contributed by atoms with Crippen molar-refractivity contribution < 1.29 is 19.1 Å². The standard InChI is InChI=1S/C19H33BrN2O4/c1-19(2,3)26-18(25)21-12-8-4-5-11-15(16(23)13-20)22-17(24)14-9-6-7-10-14/h14-15H,4-13H2,1-3H3,(H,21,25)(H,22,24)/t15-/m0/s1. The number of carbonyl (C=O) groups is 3. The minimum absolute atomic E-state index is 0.0169. The molecule has 0 aliphatic heterocycles. The molecule has 0 heterocycles. The fraction of sp³-hybridized carbons (Fsp3) is 0.842. The van der Waals surface area contributed by atoms with Crippen LogP contribution < -0.4 is 10.6 Å². The van der Waals surface area contributed by atoms with Gasteiger partial charge < -0.3 is 15.4 Å². The van der Waals surface area contributed by atoms with Gasteiger partial charge in [0.05, 0.1) is 11.4 Å². The summed E-state index contributed by atoms with van der Waals surface area (Å²) >= 11 is 3.20. The van der Waals surface area contributed by atoms with E-state index < -0.39 is 17.7 Å². The fourth-order valence-corrected chi connectivity index (χ4v) is 3.43. The predicted octanol–water partition coefficient (Wildman–Crippen LogP) is 3.71. The molecule has 2 N–H and O–H groups in total. The molecule has 0 aromatic carbocycles. The van der Waals surface area contributed by atoms with E-state index in [2.05, 4.69) is 26.6 Å². The molecule has 0 saturated heterocycles. The van der Waals surface area contributed by atoms with Crippen LogP contribution in [0.1, 0.15) is 72.1 Å². The van der Waals surface area contributed by atoms with Gasteiger partial charge in [0.2, 0.25) is 5.91 Å². The summed E-state index contributed by atoms with van der Waals surface area (Å²) in [6.07, 6.45) is 6.79. The van der Waals surface area contributed by atoms with E-state index in [1.54, 1.807) is 0 Å². The van der Waals surface area contributed by atoms with Crippen LogP contribution in [0.4, 0.5) is 4.79 Å². The highest BCUT2D eigenvalue weighted by Gasteiger charge is 2.26. The average molecular weight is 433 g/mol. The van der Waals surface area contributed by atoms with Crippen LogP contribution in [0.15, 0.2) is 0 Å². The Balaban J connectivity index is 2.24. The summed E-state index contributed by atoms with van der Waals surface area (Å²) in [5.74, 6) is 0.107. The van der Waals surface area contributed by atoms with Crippen LogP contribution in [0.5, 0.6) is 0 Å². The van der Waals surface area contributed by atoms with Crippen molar-refractivity contribution >= 4 is 33.7 Å². The minimum Gasteiger partial charge on any atom is -0.444 e. The number of amides is 2. The van der Waals surface area contributed by atoms with E-state index in [9.17, 15) is 14.4 Å². The first-order chi connectivity index (χ1) is 12.2. The number of unbranched alkanes of at least 4 members (excludes halogenated alkanes) is 2. The van der Waals surface area contributed by atoms with Crippen molar-refractivity contribution in [3.05, 3.63) is 0 Å². The van der Waals surface area contributed by atoms with Gasteiger partial charge in [0.1, 0.15) is 5.60 Å². The maximum atomic E-state index is 12.3. The van der Waals surface area contributed by atoms with Crippen LogP contribution >= 0.6 is 15.9 Å². The number of carbonyl (C=O) groups excluding carboxylic acids is 3. The third-order valence-corrected chi connectivity index (χ3v) is 4.95. The first-order valence-corrected chi connectivity index (χ1v) is 10.7. The zero-order valence-electron chi connectivity index (χ0n) is 16.2. The quantitative estimate of drug-likeness (QED) is 0.406. The van der Waals surface area contributed by atoms with Crippen LogP contribution in [-0.2, 0) is 14.3 Å². The van der Waals surface area contributed by atoms with E-state index in [4.69, 9.17) is 4.74 Å². The molecule has 7 heteroatoms. The second kappa shape index (κ2) is 11.6. The number of Topliss-reactive ketones (excluding diaryl/α,β-unsaturated/α-hetero) is 1. The van der Waals surface area contributed by atoms with Gasteiger partial charge in [-0.25, -0.2) is 4.79 Å². The summed E-state index contributed by atoms with van der Waals surface area (Å²) in [6, 6.07) is -0.415. The number of ether oxygens (including phenoxy) is 1. The van der Waals surface area contributed by atoms with E-state index in [0.717, 1.165) is 44.9 Å². The summed E-state index contributed by atoms with van der Waals surface area (Å²) in [7, 11) is 0. The van der Waals surface area contributed by atoms with Gasteiger partial charge >= 0.3 is 6.09 Å². The SMILES string of the molecule is CC(C)(C)OC(=O)NCCCCC[C@H](NC(=O)C1CCCC1)C(=O)CBr. The topological polar surface area (TPSA) is 84.5 Å². The molecule has 1 rings (SSSR count). The lowest BCUT2D eigenvalue weighted by atomic mass is 10.0. The molecule has 2 amide bonds. The van der Waals surface area contributed by atoms with Crippen LogP contribution in [0.25, 0.3) is 0 Å². The van der Waals surface area contributed by atoms with Crippen LogP contribution in [-0.4, -0.2) is 41.3 Å². The van der Waals surface area contributed by atoms with Crippen molar-refractivity contribution in [2.75, 3.05) is 11.9 Å². The average Bonchev–Trinajstić information content (AvgIpc) is 3.08. The largest absolute Gasteiger partial charge is 0.444 e. The third-order valence-electron chi connectivity index (χ3n) is 4.40. The molecule has 1 fully saturated rings. The number of rotatable bonds is 10. The van der Waals surface area contributed by atoms with Crippen LogP contribution in [0, 0.1) is 5.92 Å². The van der Waals surface area contributed by atoms with Gasteiger partial charge in [0.15, 0.2) is 5.78 Å². The monoisotopic (exact) mass is 432 g/mol. The van der Waals surface area contributed by atoms with Gasteiger partial charge in [0, 0.05) is 12.5 Å². The number of halogens is 1. The molecular formula is C19H33BrN2O4. The highest BCUT2D eigenvalue weighted by atomic mass is 79.9. The van der Waals surface area contributed by atoms with E-state index in [1.165, 1.54) is 0 Å². The molecule has 1 aliphatic carbocycles. The molecule has 26 heavy (non-hydrogen) atoms. The molecule has 1 atom stereocenters. The Kier molecular flexibility index (Phi) is 10.2. The normalized spacial score (nSPS) is 16.2. The van der Waals surface area contributed by atoms with Gasteiger partial charge in [-0.05, 0) is 46.5 Å². The van der Waals surface area contributed by atoms with Crippen LogP contribution in [0.2, 0.25) is 0 Å². The number of nitrogens with one attached hydrogen (secondary N) is 2. The van der Waals surface area contributed by atoms with Crippen molar-refractivity contribution in [1.82, 2.24) is 10.6 Å². The molecule has 0 radical (unpaired) electrons. The Hall–Kier alpha value is -1.11. The lowest BCUT2D eigenvalue weighted by Gasteiger charge is -2.20. The number of alkyl carbamates (subject to hydrolysis) is 1. The summed E-state index contributed by atoms with van der Waals surface area (Å²) in [5, 5.41) is 5.91. The van der Waals surface area contributed by atoms with Gasteiger partial charge in [-0.15, -0.1) is 0 Å². The second-order valence-corrected chi connectivity index (χ2v) is 8.48. The second-order valence-electron chi connectivity index (χ2n) is 7.92. The molecule has 0 unspecified atom stereocenters. The number of alkyl halides is 1. The smallest absolute Gasteiger partial charge is 0.407 e. The Morgan fingerprint density at radius 3 is 2.35 bits per heavy atom. The minimum atomic E-state index is -0.495. The van der Waals surface area contributed by atoms with Crippen LogP contribution in [0.3, 0.4) is 0 Å². The molecule has 6 nitrogen and oxygen atoms in total. The van der Waals surface area contributed by atoms with E-state index >= 15 is 0 Å². The van der Waals surface area contributed by atoms with Crippen molar-refractivity contribution in [3.63, 3.8) is 0 Å². The maximum absolute atomic E-state index is 12.3. The first-order valence-electron chi connectivity index (χ1n) is 9.59. The Morgan fingerprint density at radius 2 is 1.77 bits per heavy atom. The fourth-order valence-electron chi connectivity index (χ4n) is 3.04. The zero-order chi connectivity index (χ0) is 19.6. The van der Waals surface area contributed by atoms with Gasteiger partial charge in [-0.3, -0.25) is 9.59 Å². The summed E-state index contributed by atoms with van der Waals surface area (Å²) in [5.41, 5.74) is -0.495. The number of hydrogen-bond donors (Lipinski definition) is 2. The lowest BCUT2D eigenvalue weighted by Crippen LogP contribution is -2.43. The van der Waals surface area contributed by atoms with Crippen molar-refractivity contribution in [1.29, 1.82) is 0 Å². The summed E-state index contributed by atoms with van der Waals surface area (Å²) in [6.45, 7) is 6.02. The van der Waals surface area contributed by atoms with E-state index in [1.807, 2.05) is 20.8 Å². The highest BCUT2D eigenvalue weighted by molar-refractivity contribution is 9.09. The van der Waals surface area contributed by atoms with Crippen molar-refractivity contribution in [2.45, 2.75) is 83.8 Å². The predicted molar refractivity (Wildman–Crippen MR) is 105 cm³/mol. The number of ketones is 1. The molecule has 1 saturated carbocycles.